The molecule has 0 saturated carbocycles. The van der Waals surface area contributed by atoms with Gasteiger partial charge in [-0.15, -0.1) is 0 Å². The first kappa shape index (κ1) is 5.80. The molecule has 0 aliphatic heterocycles. The summed E-state index contributed by atoms with van der Waals surface area (Å²) in [6, 6.07) is 7.14. The predicted octanol–water partition coefficient (Wildman–Crippen LogP) is 0.00760. The second kappa shape index (κ2) is 2.29. The lowest BCUT2D eigenvalue weighted by Gasteiger charge is -1.81. The van der Waals surface area contributed by atoms with E-state index >= 15 is 0 Å². The summed E-state index contributed by atoms with van der Waals surface area (Å²) in [7, 11) is 0. The molecule has 1 heteroatoms. The van der Waals surface area contributed by atoms with Gasteiger partial charge in [-0.05, 0) is 22.6 Å². The molecule has 0 saturated heterocycles. The van der Waals surface area contributed by atoms with E-state index in [9.17, 15) is 0 Å². The predicted molar refractivity (Wildman–Crippen MR) is 38.7 cm³/mol. The van der Waals surface area contributed by atoms with Gasteiger partial charge in [-0.25, -0.2) is 0 Å². The monoisotopic (exact) mass is 116 g/mol. The van der Waals surface area contributed by atoms with Gasteiger partial charge in [0, 0.05) is 0 Å². The highest BCUT2D eigenvalue weighted by atomic mass is 14.3. The number of hydrogen-bond donors (Lipinski definition) is 0. The van der Waals surface area contributed by atoms with Crippen molar-refractivity contribution in [3.05, 3.63) is 40.1 Å². The maximum Gasteiger partial charge on any atom is -0.00713 e. The molecule has 1 rings (SSSR count). The van der Waals surface area contributed by atoms with Crippen molar-refractivity contribution in [1.82, 2.24) is 0 Å². The van der Waals surface area contributed by atoms with E-state index in [1.54, 1.807) is 12.1 Å². The molecule has 0 radical (unpaired) electrons. The van der Waals surface area contributed by atoms with Crippen molar-refractivity contribution in [2.24, 2.45) is 0 Å². The zero-order chi connectivity index (χ0) is 6.69. The minimum Gasteiger partial charge on any atom is -0.763 e. The van der Waals surface area contributed by atoms with E-state index < -0.39 is 0 Å². The van der Waals surface area contributed by atoms with Crippen molar-refractivity contribution in [1.29, 1.82) is 0 Å². The summed E-state index contributed by atoms with van der Waals surface area (Å²) in [6.45, 7) is 3.69. The Bertz CT molecular complexity index is 297. The summed E-state index contributed by atoms with van der Waals surface area (Å²) in [5.74, 6) is 2.03. The van der Waals surface area contributed by atoms with Gasteiger partial charge in [0.2, 0.25) is 0 Å². The van der Waals surface area contributed by atoms with E-state index in [0.717, 1.165) is 5.22 Å². The van der Waals surface area contributed by atoms with Crippen molar-refractivity contribution < 1.29 is 0 Å². The van der Waals surface area contributed by atoms with Crippen LogP contribution in [0.15, 0.2) is 24.3 Å². The average molecular weight is 116 g/mol. The molecule has 1 aromatic rings. The van der Waals surface area contributed by atoms with E-state index in [1.165, 1.54) is 0 Å². The van der Waals surface area contributed by atoms with Crippen LogP contribution in [0.2, 0.25) is 0 Å². The lowest BCUT2D eigenvalue weighted by molar-refractivity contribution is 1.58. The molecule has 1 nitrogen and oxygen atoms in total. The van der Waals surface area contributed by atoms with Crippen molar-refractivity contribution in [2.45, 2.75) is 0 Å². The first-order valence-corrected chi connectivity index (χ1v) is 2.65. The van der Waals surface area contributed by atoms with Gasteiger partial charge in [0.15, 0.2) is 0 Å². The number of hydrogen-bond acceptors (Lipinski definition) is 0. The second-order valence-corrected chi connectivity index (χ2v) is 1.81. The fraction of sp³-hybridized carbons (Fsp3) is 0. The van der Waals surface area contributed by atoms with Crippen LogP contribution >= 0.6 is 0 Å². The van der Waals surface area contributed by atoms with Crippen molar-refractivity contribution in [3.8, 4) is 0 Å². The third kappa shape index (κ3) is 1.28. The summed E-state index contributed by atoms with van der Waals surface area (Å²) in [4.78, 5) is 0. The summed E-state index contributed by atoms with van der Waals surface area (Å²) >= 11 is 0. The minimum atomic E-state index is 0.683. The summed E-state index contributed by atoms with van der Waals surface area (Å²) in [5.41, 5.74) is 0. The lowest BCUT2D eigenvalue weighted by Crippen LogP contribution is -2.05. The number of rotatable bonds is 0. The van der Waals surface area contributed by atoms with Crippen molar-refractivity contribution >= 4 is 12.4 Å². The van der Waals surface area contributed by atoms with Gasteiger partial charge in [0.25, 0.3) is 0 Å². The third-order valence-corrected chi connectivity index (χ3v) is 1.08. The highest BCUT2D eigenvalue weighted by molar-refractivity contribution is 5.54. The molecule has 0 aliphatic rings. The molecule has 1 aromatic carbocycles. The van der Waals surface area contributed by atoms with Crippen LogP contribution in [0.5, 0.6) is 0 Å². The first-order valence-electron chi connectivity index (χ1n) is 2.65. The molecule has 0 spiro atoms. The molecule has 44 valence electrons. The van der Waals surface area contributed by atoms with Crippen LogP contribution in [0.3, 0.4) is 0 Å². The molecular formula is C8H6N-. The molecule has 0 N–H and O–H groups in total. The van der Waals surface area contributed by atoms with Gasteiger partial charge < -0.3 is 5.41 Å². The summed E-state index contributed by atoms with van der Waals surface area (Å²) < 4.78 is 0. The minimum absolute atomic E-state index is 0.683. The largest absolute Gasteiger partial charge is 0.763 e. The highest BCUT2D eigenvalue weighted by Gasteiger charge is 1.70. The summed E-state index contributed by atoms with van der Waals surface area (Å²) in [6.07, 6.45) is 0. The van der Waals surface area contributed by atoms with E-state index in [0.29, 0.717) is 5.22 Å². The molecule has 0 amide bonds. The van der Waals surface area contributed by atoms with Gasteiger partial charge >= 0.3 is 0 Å². The summed E-state index contributed by atoms with van der Waals surface area (Å²) in [5, 5.41) is 9.98. The Labute approximate surface area is 53.5 Å². The second-order valence-electron chi connectivity index (χ2n) is 1.81. The maximum atomic E-state index is 8.36. The quantitative estimate of drug-likeness (QED) is 0.426. The molecule has 0 fully saturated rings. The van der Waals surface area contributed by atoms with Crippen LogP contribution in [0, 0.1) is 0 Å². The Kier molecular flexibility index (Phi) is 1.48. The molecule has 0 atom stereocenters. The Hall–Kier alpha value is -1.33. The van der Waals surface area contributed by atoms with Crippen LogP contribution in [0.1, 0.15) is 0 Å². The maximum absolute atomic E-state index is 8.36. The average Bonchev–Trinajstić information content (AvgIpc) is 1.90. The number of benzene rings is 1. The Morgan fingerprint density at radius 2 is 1.78 bits per heavy atom. The Morgan fingerprint density at radius 1 is 1.22 bits per heavy atom. The van der Waals surface area contributed by atoms with E-state index in [-0.39, 0.29) is 0 Å². The van der Waals surface area contributed by atoms with Gasteiger partial charge in [-0.3, -0.25) is 5.87 Å². The molecule has 9 heavy (non-hydrogen) atoms. The fourth-order valence-electron chi connectivity index (χ4n) is 0.579. The molecule has 0 unspecified atom stereocenters. The SMILES string of the molecule is C=c1ccc(=C=[N-])cc1. The third-order valence-electron chi connectivity index (χ3n) is 1.08. The van der Waals surface area contributed by atoms with Crippen LogP contribution in [0.4, 0.5) is 0 Å². The van der Waals surface area contributed by atoms with Crippen molar-refractivity contribution in [2.75, 3.05) is 0 Å². The van der Waals surface area contributed by atoms with Crippen LogP contribution in [-0.2, 0) is 0 Å². The topological polar surface area (TPSA) is 22.3 Å². The molecule has 0 heterocycles. The lowest BCUT2D eigenvalue weighted by atomic mass is 10.3. The van der Waals surface area contributed by atoms with Gasteiger partial charge in [-0.1, -0.05) is 18.7 Å². The van der Waals surface area contributed by atoms with Gasteiger partial charge in [0.05, 0.1) is 0 Å². The van der Waals surface area contributed by atoms with Crippen LogP contribution < -0.4 is 10.4 Å². The van der Waals surface area contributed by atoms with Gasteiger partial charge in [0.1, 0.15) is 0 Å². The fourth-order valence-corrected chi connectivity index (χ4v) is 0.579. The molecule has 0 bridgehead atoms. The zero-order valence-electron chi connectivity index (χ0n) is 4.96. The standard InChI is InChI=1S/C8H6N/c1-7-2-4-8(6-9)5-3-7/h2-5H,1H2/q-1. The first-order chi connectivity index (χ1) is 4.33. The Balaban J connectivity index is 3.51. The molecular weight excluding hydrogens is 110 g/mol. The van der Waals surface area contributed by atoms with Crippen LogP contribution in [0.25, 0.3) is 12.0 Å². The normalized spacial score (nSPS) is 8.44. The van der Waals surface area contributed by atoms with Crippen LogP contribution in [-0.4, -0.2) is 5.87 Å². The molecule has 0 aromatic heterocycles. The smallest absolute Gasteiger partial charge is 0.00713 e. The zero-order valence-corrected chi connectivity index (χ0v) is 4.96. The van der Waals surface area contributed by atoms with Gasteiger partial charge in [-0.2, -0.15) is 0 Å². The van der Waals surface area contributed by atoms with Crippen molar-refractivity contribution in [3.63, 3.8) is 0 Å². The van der Waals surface area contributed by atoms with E-state index in [4.69, 9.17) is 5.41 Å². The molecule has 0 aliphatic carbocycles. The Morgan fingerprint density at radius 3 is 2.22 bits per heavy atom. The highest BCUT2D eigenvalue weighted by Crippen LogP contribution is 1.62. The number of nitrogens with zero attached hydrogens (tertiary/aromatic N) is 1. The van der Waals surface area contributed by atoms with E-state index in [1.807, 2.05) is 18.0 Å². The van der Waals surface area contributed by atoms with E-state index in [2.05, 4.69) is 6.58 Å².